The van der Waals surface area contributed by atoms with Crippen LogP contribution in [0.5, 0.6) is 0 Å². The number of aromatic nitrogens is 4. The zero-order valence-electron chi connectivity index (χ0n) is 26.0. The normalized spacial score (nSPS) is 11.1. The van der Waals surface area contributed by atoms with Gasteiger partial charge in [0.15, 0.2) is 0 Å². The fourth-order valence-corrected chi connectivity index (χ4v) is 5.97. The number of carbonyl (C=O) groups is 1. The molecule has 0 saturated heterocycles. The molecule has 6 heteroatoms. The number of benzene rings is 6. The van der Waals surface area contributed by atoms with Gasteiger partial charge >= 0.3 is 5.97 Å². The number of esters is 1. The van der Waals surface area contributed by atoms with Crippen LogP contribution in [0.15, 0.2) is 152 Å². The van der Waals surface area contributed by atoms with E-state index in [9.17, 15) is 4.79 Å². The van der Waals surface area contributed by atoms with E-state index in [1.165, 1.54) is 7.11 Å². The number of nitrogens with zero attached hydrogens (tertiary/aromatic N) is 4. The standard InChI is InChI=1S/C42H28N4O2/c1-48-42(47)33-19-11-18-32(24-33)41-40(29-16-9-4-10-17-29)44-35-23-21-31(26-37(35)46-41)30-20-22-34-36(25-30)45-39(28-14-7-3-8-15-28)38(43-34)27-12-5-2-6-13-27/h2-26H,1H3. The number of ether oxygens (including phenoxy) is 1. The van der Waals surface area contributed by atoms with Gasteiger partial charge in [0.2, 0.25) is 0 Å². The molecule has 6 nitrogen and oxygen atoms in total. The first-order chi connectivity index (χ1) is 23.6. The van der Waals surface area contributed by atoms with Gasteiger partial charge in [0.1, 0.15) is 0 Å². The Balaban J connectivity index is 1.27. The van der Waals surface area contributed by atoms with Crippen LogP contribution in [-0.4, -0.2) is 33.0 Å². The van der Waals surface area contributed by atoms with Crippen LogP contribution >= 0.6 is 0 Å². The summed E-state index contributed by atoms with van der Waals surface area (Å²) in [5.74, 6) is -0.403. The van der Waals surface area contributed by atoms with E-state index < -0.39 is 5.97 Å². The van der Waals surface area contributed by atoms with E-state index in [1.807, 2.05) is 91.0 Å². The molecule has 6 aromatic carbocycles. The van der Waals surface area contributed by atoms with E-state index in [1.54, 1.807) is 12.1 Å². The van der Waals surface area contributed by atoms with E-state index in [0.29, 0.717) is 11.3 Å². The summed E-state index contributed by atoms with van der Waals surface area (Å²) in [6.07, 6.45) is 0. The zero-order valence-corrected chi connectivity index (χ0v) is 26.0. The topological polar surface area (TPSA) is 77.9 Å². The molecule has 0 spiro atoms. The van der Waals surface area contributed by atoms with Crippen molar-refractivity contribution < 1.29 is 9.53 Å². The summed E-state index contributed by atoms with van der Waals surface area (Å²) in [5, 5.41) is 0. The minimum atomic E-state index is -0.403. The molecule has 8 rings (SSSR count). The summed E-state index contributed by atoms with van der Waals surface area (Å²) < 4.78 is 4.98. The Morgan fingerprint density at radius 3 is 1.23 bits per heavy atom. The van der Waals surface area contributed by atoms with Gasteiger partial charge < -0.3 is 4.74 Å². The molecule has 0 unspecified atom stereocenters. The van der Waals surface area contributed by atoms with Crippen molar-refractivity contribution in [1.82, 2.24) is 19.9 Å². The highest BCUT2D eigenvalue weighted by molar-refractivity contribution is 5.94. The molecule has 0 aliphatic rings. The van der Waals surface area contributed by atoms with E-state index in [-0.39, 0.29) is 0 Å². The Morgan fingerprint density at radius 2 is 0.792 bits per heavy atom. The van der Waals surface area contributed by atoms with Gasteiger partial charge in [-0.05, 0) is 47.5 Å². The summed E-state index contributed by atoms with van der Waals surface area (Å²) in [6.45, 7) is 0. The number of hydrogen-bond acceptors (Lipinski definition) is 6. The summed E-state index contributed by atoms with van der Waals surface area (Å²) in [5.41, 5.74) is 12.4. The smallest absolute Gasteiger partial charge is 0.337 e. The molecule has 0 aliphatic carbocycles. The van der Waals surface area contributed by atoms with Crippen molar-refractivity contribution in [2.45, 2.75) is 0 Å². The Kier molecular flexibility index (Phi) is 7.43. The van der Waals surface area contributed by atoms with Gasteiger partial charge in [-0.15, -0.1) is 0 Å². The molecule has 48 heavy (non-hydrogen) atoms. The number of methoxy groups -OCH3 is 1. The third-order valence-corrected chi connectivity index (χ3v) is 8.36. The van der Waals surface area contributed by atoms with Crippen molar-refractivity contribution in [3.05, 3.63) is 157 Å². The average molecular weight is 621 g/mol. The predicted molar refractivity (Wildman–Crippen MR) is 191 cm³/mol. The number of rotatable bonds is 6. The minimum Gasteiger partial charge on any atom is -0.465 e. The monoisotopic (exact) mass is 620 g/mol. The van der Waals surface area contributed by atoms with Gasteiger partial charge in [-0.1, -0.05) is 115 Å². The number of hydrogen-bond donors (Lipinski definition) is 0. The molecular weight excluding hydrogens is 592 g/mol. The molecule has 0 radical (unpaired) electrons. The lowest BCUT2D eigenvalue weighted by Gasteiger charge is -2.13. The SMILES string of the molecule is COC(=O)c1cccc(-c2nc3cc(-c4ccc5nc(-c6ccccc6)c(-c6ccccc6)nc5c4)ccc3nc2-c2ccccc2)c1. The van der Waals surface area contributed by atoms with Crippen LogP contribution in [0.25, 0.3) is 78.2 Å². The fraction of sp³-hybridized carbons (Fsp3) is 0.0238. The molecular formula is C42H28N4O2. The van der Waals surface area contributed by atoms with Crippen LogP contribution in [0, 0.1) is 0 Å². The van der Waals surface area contributed by atoms with Crippen molar-refractivity contribution in [1.29, 1.82) is 0 Å². The third kappa shape index (κ3) is 5.46. The largest absolute Gasteiger partial charge is 0.465 e. The maximum atomic E-state index is 12.4. The van der Waals surface area contributed by atoms with Gasteiger partial charge in [0.25, 0.3) is 0 Å². The van der Waals surface area contributed by atoms with Gasteiger partial charge in [-0.25, -0.2) is 24.7 Å². The summed E-state index contributed by atoms with van der Waals surface area (Å²) >= 11 is 0. The van der Waals surface area contributed by atoms with Gasteiger partial charge in [-0.2, -0.15) is 0 Å². The van der Waals surface area contributed by atoms with Crippen LogP contribution in [0.4, 0.5) is 0 Å². The second-order valence-electron chi connectivity index (χ2n) is 11.4. The molecule has 0 atom stereocenters. The Bertz CT molecular complexity index is 2450. The lowest BCUT2D eigenvalue weighted by molar-refractivity contribution is 0.0600. The maximum Gasteiger partial charge on any atom is 0.337 e. The van der Waals surface area contributed by atoms with Crippen molar-refractivity contribution in [3.63, 3.8) is 0 Å². The lowest BCUT2D eigenvalue weighted by atomic mass is 10.00. The van der Waals surface area contributed by atoms with E-state index in [0.717, 1.165) is 72.5 Å². The van der Waals surface area contributed by atoms with Crippen molar-refractivity contribution in [3.8, 4) is 56.2 Å². The third-order valence-electron chi connectivity index (χ3n) is 8.36. The highest BCUT2D eigenvalue weighted by Gasteiger charge is 2.17. The number of carbonyl (C=O) groups excluding carboxylic acids is 1. The maximum absolute atomic E-state index is 12.4. The molecule has 0 bridgehead atoms. The van der Waals surface area contributed by atoms with Gasteiger partial charge in [0, 0.05) is 22.3 Å². The van der Waals surface area contributed by atoms with Crippen molar-refractivity contribution in [2.75, 3.05) is 7.11 Å². The molecule has 0 fully saturated rings. The van der Waals surface area contributed by atoms with Gasteiger partial charge in [0.05, 0.1) is 57.5 Å². The summed E-state index contributed by atoms with van der Waals surface area (Å²) in [4.78, 5) is 32.9. The van der Waals surface area contributed by atoms with Crippen LogP contribution in [0.2, 0.25) is 0 Å². The quantitative estimate of drug-likeness (QED) is 0.172. The second-order valence-corrected chi connectivity index (χ2v) is 11.4. The first kappa shape index (κ1) is 28.9. The van der Waals surface area contributed by atoms with Crippen LogP contribution < -0.4 is 0 Å². The first-order valence-corrected chi connectivity index (χ1v) is 15.6. The van der Waals surface area contributed by atoms with Crippen LogP contribution in [0.3, 0.4) is 0 Å². The molecule has 228 valence electrons. The lowest BCUT2D eigenvalue weighted by Crippen LogP contribution is -2.02. The molecule has 2 aromatic heterocycles. The molecule has 0 N–H and O–H groups in total. The predicted octanol–water partition coefficient (Wildman–Crippen LogP) is 9.69. The summed E-state index contributed by atoms with van der Waals surface area (Å²) in [7, 11) is 1.38. The molecule has 0 saturated carbocycles. The first-order valence-electron chi connectivity index (χ1n) is 15.6. The van der Waals surface area contributed by atoms with Gasteiger partial charge in [-0.3, -0.25) is 0 Å². The Morgan fingerprint density at radius 1 is 0.396 bits per heavy atom. The van der Waals surface area contributed by atoms with Crippen molar-refractivity contribution in [2.24, 2.45) is 0 Å². The van der Waals surface area contributed by atoms with Crippen molar-refractivity contribution >= 4 is 28.0 Å². The summed E-state index contributed by atoms with van der Waals surface area (Å²) in [6, 6.07) is 49.9. The zero-order chi connectivity index (χ0) is 32.5. The molecule has 8 aromatic rings. The van der Waals surface area contributed by atoms with E-state index in [4.69, 9.17) is 24.7 Å². The molecule has 0 amide bonds. The fourth-order valence-electron chi connectivity index (χ4n) is 5.97. The van der Waals surface area contributed by atoms with E-state index >= 15 is 0 Å². The number of fused-ring (bicyclic) bond motifs is 2. The average Bonchev–Trinajstić information content (AvgIpc) is 3.17. The minimum absolute atomic E-state index is 0.403. The highest BCUT2D eigenvalue weighted by Crippen LogP contribution is 2.35. The molecule has 0 aliphatic heterocycles. The Labute approximate surface area is 277 Å². The van der Waals surface area contributed by atoms with Crippen LogP contribution in [-0.2, 0) is 4.74 Å². The van der Waals surface area contributed by atoms with Crippen LogP contribution in [0.1, 0.15) is 10.4 Å². The highest BCUT2D eigenvalue weighted by atomic mass is 16.5. The second kappa shape index (κ2) is 12.3. The Hall–Kier alpha value is -6.53. The van der Waals surface area contributed by atoms with E-state index in [2.05, 4.69) is 48.5 Å². The molecule has 2 heterocycles.